The van der Waals surface area contributed by atoms with Gasteiger partial charge in [0.05, 0.1) is 42.5 Å². The number of nitrogens with zero attached hydrogens (tertiary/aromatic N) is 4. The van der Waals surface area contributed by atoms with Gasteiger partial charge in [-0.2, -0.15) is 0 Å². The molecule has 252 valence electrons. The second kappa shape index (κ2) is 13.0. The van der Waals surface area contributed by atoms with Gasteiger partial charge in [0, 0.05) is 34.9 Å². The van der Waals surface area contributed by atoms with Crippen LogP contribution in [0.15, 0.2) is 36.7 Å². The van der Waals surface area contributed by atoms with E-state index in [0.29, 0.717) is 30.2 Å². The molecule has 12 nitrogen and oxygen atoms in total. The van der Waals surface area contributed by atoms with E-state index in [1.807, 2.05) is 44.3 Å². The summed E-state index contributed by atoms with van der Waals surface area (Å²) in [7, 11) is 0. The van der Waals surface area contributed by atoms with Gasteiger partial charge in [-0.15, -0.1) is 5.10 Å². The summed E-state index contributed by atoms with van der Waals surface area (Å²) in [6.45, 7) is 6.39. The van der Waals surface area contributed by atoms with Crippen molar-refractivity contribution in [2.75, 3.05) is 6.61 Å². The van der Waals surface area contributed by atoms with Crippen molar-refractivity contribution >= 4 is 34.4 Å². The van der Waals surface area contributed by atoms with Crippen molar-refractivity contribution in [1.29, 1.82) is 0 Å². The molecule has 0 unspecified atom stereocenters. The molecule has 8 atom stereocenters. The molecule has 1 spiro atoms. The van der Waals surface area contributed by atoms with Gasteiger partial charge in [0.15, 0.2) is 11.9 Å². The fourth-order valence-corrected chi connectivity index (χ4v) is 8.07. The lowest BCUT2D eigenvalue weighted by atomic mass is 9.58. The maximum Gasteiger partial charge on any atom is 0.308 e. The Kier molecular flexibility index (Phi) is 8.99. The van der Waals surface area contributed by atoms with Crippen molar-refractivity contribution in [2.24, 2.45) is 23.7 Å². The third kappa shape index (κ3) is 6.26. The van der Waals surface area contributed by atoms with E-state index in [-0.39, 0.29) is 37.2 Å². The largest absolute Gasteiger partial charge is 0.466 e. The molecule has 5 aliphatic rings. The Balaban J connectivity index is 0.847. The van der Waals surface area contributed by atoms with E-state index in [2.05, 4.69) is 22.2 Å². The highest BCUT2D eigenvalue weighted by atomic mass is 35.5. The number of pyridine rings is 1. The minimum absolute atomic E-state index is 0.0487. The number of halogens is 1. The molecule has 1 aliphatic carbocycles. The van der Waals surface area contributed by atoms with E-state index < -0.39 is 35.9 Å². The summed E-state index contributed by atoms with van der Waals surface area (Å²) < 4.78 is 25.5. The Morgan fingerprint density at radius 2 is 1.91 bits per heavy atom. The summed E-state index contributed by atoms with van der Waals surface area (Å²) in [5.41, 5.74) is 1.76. The third-order valence-electron chi connectivity index (χ3n) is 10.4. The van der Waals surface area contributed by atoms with Crippen molar-refractivity contribution in [2.45, 2.75) is 103 Å². The maximum atomic E-state index is 12.8. The maximum absolute atomic E-state index is 12.8. The van der Waals surface area contributed by atoms with E-state index in [0.717, 1.165) is 48.0 Å². The van der Waals surface area contributed by atoms with Gasteiger partial charge >= 0.3 is 11.9 Å². The second-order valence-electron chi connectivity index (χ2n) is 13.6. The Bertz CT molecular complexity index is 1640. The van der Waals surface area contributed by atoms with Gasteiger partial charge < -0.3 is 18.9 Å². The predicted octanol–water partition coefficient (Wildman–Crippen LogP) is 5.87. The van der Waals surface area contributed by atoms with E-state index >= 15 is 0 Å². The van der Waals surface area contributed by atoms with Gasteiger partial charge in [-0.25, -0.2) is 14.5 Å². The average molecular weight is 669 g/mol. The Labute approximate surface area is 278 Å². The number of carbonyl (C=O) groups is 2. The minimum Gasteiger partial charge on any atom is -0.466 e. The Morgan fingerprint density at radius 3 is 2.79 bits per heavy atom. The average Bonchev–Trinajstić information content (AvgIpc) is 3.41. The summed E-state index contributed by atoms with van der Waals surface area (Å²) in [6.07, 6.45) is 7.64. The van der Waals surface area contributed by atoms with Crippen LogP contribution < -0.4 is 0 Å². The Morgan fingerprint density at radius 1 is 1.06 bits per heavy atom. The summed E-state index contributed by atoms with van der Waals surface area (Å²) in [5, 5.41) is 10.1. The van der Waals surface area contributed by atoms with Crippen LogP contribution in [0.1, 0.15) is 77.8 Å². The summed E-state index contributed by atoms with van der Waals surface area (Å²) in [6, 6.07) is 7.44. The SMILES string of the molecule is C[C@H]1[C@H](OC(=O)CCC(=O)OCCCCc2cn(-c3ccnc4cc(Cl)ccc34)nn2)O[C@@H]2O[C@@]3(C)CC[C@H]4[C@H](C)CC[C@@H]1[C@@]24OO3. The molecule has 47 heavy (non-hydrogen) atoms. The summed E-state index contributed by atoms with van der Waals surface area (Å²) in [5.74, 6) is -1.26. The first kappa shape index (κ1) is 32.4. The van der Waals surface area contributed by atoms with Crippen molar-refractivity contribution in [3.8, 4) is 5.69 Å². The zero-order chi connectivity index (χ0) is 32.8. The zero-order valence-corrected chi connectivity index (χ0v) is 27.7. The summed E-state index contributed by atoms with van der Waals surface area (Å²) >= 11 is 6.11. The molecule has 0 radical (unpaired) electrons. The molecule has 2 aromatic heterocycles. The molecular weight excluding hydrogens is 628 g/mol. The predicted molar refractivity (Wildman–Crippen MR) is 168 cm³/mol. The van der Waals surface area contributed by atoms with E-state index in [1.165, 1.54) is 0 Å². The van der Waals surface area contributed by atoms with Crippen LogP contribution in [-0.2, 0) is 44.7 Å². The van der Waals surface area contributed by atoms with E-state index in [1.54, 1.807) is 10.9 Å². The number of unbranched alkanes of at least 4 members (excludes halogenated alkanes) is 1. The lowest BCUT2D eigenvalue weighted by molar-refractivity contribution is -0.576. The number of rotatable bonds is 10. The summed E-state index contributed by atoms with van der Waals surface area (Å²) in [4.78, 5) is 41.6. The van der Waals surface area contributed by atoms with Gasteiger partial charge in [0.2, 0.25) is 12.1 Å². The normalized spacial score (nSPS) is 32.9. The molecule has 3 aromatic rings. The highest BCUT2D eigenvalue weighted by Crippen LogP contribution is 2.60. The molecule has 4 saturated heterocycles. The molecule has 8 rings (SSSR count). The number of fused-ring (bicyclic) bond motifs is 3. The van der Waals surface area contributed by atoms with Gasteiger partial charge in [0.1, 0.15) is 0 Å². The van der Waals surface area contributed by atoms with Crippen LogP contribution in [0.5, 0.6) is 0 Å². The molecule has 0 N–H and O–H groups in total. The zero-order valence-electron chi connectivity index (χ0n) is 26.9. The third-order valence-corrected chi connectivity index (χ3v) is 10.7. The van der Waals surface area contributed by atoms with Crippen LogP contribution in [-0.4, -0.2) is 62.5 Å². The number of esters is 2. The Hall–Kier alpha value is -3.16. The molecule has 5 fully saturated rings. The van der Waals surface area contributed by atoms with E-state index in [9.17, 15) is 9.59 Å². The number of benzene rings is 1. The lowest BCUT2D eigenvalue weighted by Gasteiger charge is -2.59. The molecular formula is C34H41ClN4O8. The van der Waals surface area contributed by atoms with Crippen LogP contribution in [0.3, 0.4) is 0 Å². The highest BCUT2D eigenvalue weighted by molar-refractivity contribution is 6.31. The van der Waals surface area contributed by atoms with Gasteiger partial charge in [-0.3, -0.25) is 14.6 Å². The van der Waals surface area contributed by atoms with Crippen LogP contribution in [0.25, 0.3) is 16.6 Å². The second-order valence-corrected chi connectivity index (χ2v) is 14.0. The van der Waals surface area contributed by atoms with Crippen molar-refractivity contribution in [3.63, 3.8) is 0 Å². The van der Waals surface area contributed by atoms with Crippen molar-refractivity contribution in [3.05, 3.63) is 47.4 Å². The van der Waals surface area contributed by atoms with Crippen LogP contribution in [0, 0.1) is 23.7 Å². The van der Waals surface area contributed by atoms with Gasteiger partial charge in [-0.05, 0) is 81.5 Å². The standard InChI is InChI=1S/C34H41ClN4O8/c1-20-7-10-26-21(2)31(44-32-34(26)25(20)13-15-33(3,45-32)46-47-34)43-30(41)12-11-29(40)42-17-5-4-6-23-19-39(38-37-23)28-14-16-36-27-18-22(35)8-9-24(27)28/h8-9,14,16,18-21,25-26,31-32H,4-7,10-13,15,17H2,1-3H3/t20-,21-,25+,26+,31-,32-,33-,34-/m1/s1. The first-order valence-electron chi connectivity index (χ1n) is 16.7. The van der Waals surface area contributed by atoms with E-state index in [4.69, 9.17) is 40.3 Å². The number of aryl methyl sites for hydroxylation is 1. The highest BCUT2D eigenvalue weighted by Gasteiger charge is 2.69. The van der Waals surface area contributed by atoms with Crippen LogP contribution in [0.4, 0.5) is 0 Å². The van der Waals surface area contributed by atoms with Gasteiger partial charge in [0.25, 0.3) is 0 Å². The molecule has 4 aliphatic heterocycles. The fourth-order valence-electron chi connectivity index (χ4n) is 7.90. The quantitative estimate of drug-likeness (QED) is 0.146. The smallest absolute Gasteiger partial charge is 0.308 e. The van der Waals surface area contributed by atoms with Crippen LogP contribution >= 0.6 is 11.6 Å². The molecule has 6 heterocycles. The van der Waals surface area contributed by atoms with Crippen molar-refractivity contribution in [1.82, 2.24) is 20.0 Å². The number of hydrogen-bond donors (Lipinski definition) is 0. The molecule has 2 bridgehead atoms. The fraction of sp³-hybridized carbons (Fsp3) is 0.618. The number of carbonyl (C=O) groups excluding carboxylic acids is 2. The number of ether oxygens (including phenoxy) is 4. The van der Waals surface area contributed by atoms with Crippen LogP contribution in [0.2, 0.25) is 5.02 Å². The molecule has 0 amide bonds. The molecule has 1 saturated carbocycles. The first-order chi connectivity index (χ1) is 22.6. The lowest BCUT2D eigenvalue weighted by Crippen LogP contribution is -2.70. The minimum atomic E-state index is -0.903. The van der Waals surface area contributed by atoms with Crippen molar-refractivity contribution < 1.29 is 38.3 Å². The van der Waals surface area contributed by atoms with Gasteiger partial charge in [-0.1, -0.05) is 30.7 Å². The molecule has 13 heteroatoms. The molecule has 1 aromatic carbocycles. The topological polar surface area (TPSA) is 133 Å². The monoisotopic (exact) mass is 668 g/mol. The number of aromatic nitrogens is 4. The number of hydrogen-bond acceptors (Lipinski definition) is 11. The first-order valence-corrected chi connectivity index (χ1v) is 17.0.